The maximum atomic E-state index is 12.1. The van der Waals surface area contributed by atoms with Crippen LogP contribution in [-0.2, 0) is 14.4 Å². The number of amides is 3. The van der Waals surface area contributed by atoms with E-state index >= 15 is 0 Å². The van der Waals surface area contributed by atoms with Gasteiger partial charge >= 0.3 is 0 Å². The van der Waals surface area contributed by atoms with Crippen LogP contribution in [-0.4, -0.2) is 60.8 Å². The molecule has 1 atom stereocenters. The number of ketones is 1. The molecule has 25 heavy (non-hydrogen) atoms. The number of carbonyl (C=O) groups is 4. The van der Waals surface area contributed by atoms with Gasteiger partial charge in [0.25, 0.3) is 5.91 Å². The van der Waals surface area contributed by atoms with Crippen molar-refractivity contribution >= 4 is 39.4 Å². The van der Waals surface area contributed by atoms with E-state index in [-0.39, 0.29) is 6.54 Å². The summed E-state index contributed by atoms with van der Waals surface area (Å²) in [5.41, 5.74) is 0.415. The number of likely N-dealkylation sites (tertiary alicyclic amines) is 1. The lowest BCUT2D eigenvalue weighted by Crippen LogP contribution is -2.60. The quantitative estimate of drug-likeness (QED) is 0.677. The van der Waals surface area contributed by atoms with E-state index in [1.165, 1.54) is 4.90 Å². The number of hydrogen-bond donors (Lipinski definition) is 2. The van der Waals surface area contributed by atoms with Gasteiger partial charge in [-0.05, 0) is 30.7 Å². The standard InChI is InChI=1S/C16H17BrFN3O4/c17-11-3-1-10(2-4-11)15(24)20-9-14(23)21-6-5-13(21)16(25)19-8-12(22)7-18/h1-4,13H,5-9H2,(H,19,25)(H,20,24). The fourth-order valence-corrected chi connectivity index (χ4v) is 2.53. The molecule has 1 aromatic carbocycles. The Labute approximate surface area is 152 Å². The number of halogens is 2. The van der Waals surface area contributed by atoms with Gasteiger partial charge in [-0.25, -0.2) is 4.39 Å². The van der Waals surface area contributed by atoms with Gasteiger partial charge < -0.3 is 15.5 Å². The Kier molecular flexibility index (Phi) is 6.63. The van der Waals surface area contributed by atoms with Gasteiger partial charge in [0.1, 0.15) is 12.7 Å². The zero-order valence-electron chi connectivity index (χ0n) is 13.3. The molecule has 1 aliphatic rings. The summed E-state index contributed by atoms with van der Waals surface area (Å²) in [7, 11) is 0. The number of alkyl halides is 1. The zero-order chi connectivity index (χ0) is 18.4. The van der Waals surface area contributed by atoms with Crippen molar-refractivity contribution < 1.29 is 23.6 Å². The second-order valence-corrected chi connectivity index (χ2v) is 6.39. The van der Waals surface area contributed by atoms with E-state index in [2.05, 4.69) is 26.6 Å². The summed E-state index contributed by atoms with van der Waals surface area (Å²) in [4.78, 5) is 48.2. The minimum Gasteiger partial charge on any atom is -0.347 e. The van der Waals surface area contributed by atoms with Gasteiger partial charge in [-0.15, -0.1) is 0 Å². The summed E-state index contributed by atoms with van der Waals surface area (Å²) in [6.07, 6.45) is 0.460. The maximum absolute atomic E-state index is 12.1. The molecule has 1 unspecified atom stereocenters. The van der Waals surface area contributed by atoms with Gasteiger partial charge in [-0.1, -0.05) is 15.9 Å². The maximum Gasteiger partial charge on any atom is 0.251 e. The third-order valence-electron chi connectivity index (χ3n) is 3.76. The summed E-state index contributed by atoms with van der Waals surface area (Å²) < 4.78 is 12.9. The highest BCUT2D eigenvalue weighted by atomic mass is 79.9. The van der Waals surface area contributed by atoms with E-state index in [9.17, 15) is 23.6 Å². The van der Waals surface area contributed by atoms with E-state index in [1.807, 2.05) is 0 Å². The first-order valence-electron chi connectivity index (χ1n) is 7.61. The molecule has 1 aliphatic heterocycles. The second-order valence-electron chi connectivity index (χ2n) is 5.47. The van der Waals surface area contributed by atoms with Crippen molar-refractivity contribution in [2.45, 2.75) is 12.5 Å². The lowest BCUT2D eigenvalue weighted by Gasteiger charge is -2.39. The Hall–Kier alpha value is -2.29. The summed E-state index contributed by atoms with van der Waals surface area (Å²) in [6, 6.07) is 5.97. The number of nitrogens with one attached hydrogen (secondary N) is 2. The van der Waals surface area contributed by atoms with Crippen LogP contribution in [0.5, 0.6) is 0 Å². The molecule has 0 radical (unpaired) electrons. The molecule has 2 rings (SSSR count). The Balaban J connectivity index is 1.80. The highest BCUT2D eigenvalue weighted by Gasteiger charge is 2.37. The largest absolute Gasteiger partial charge is 0.347 e. The molecular weight excluding hydrogens is 397 g/mol. The van der Waals surface area contributed by atoms with E-state index in [0.29, 0.717) is 18.5 Å². The minimum absolute atomic E-state index is 0.234. The van der Waals surface area contributed by atoms with Crippen molar-refractivity contribution in [3.05, 3.63) is 34.3 Å². The number of benzene rings is 1. The predicted octanol–water partition coefficient (Wildman–Crippen LogP) is 0.435. The fourth-order valence-electron chi connectivity index (χ4n) is 2.27. The molecule has 0 aliphatic carbocycles. The molecule has 1 saturated heterocycles. The normalized spacial score (nSPS) is 15.9. The van der Waals surface area contributed by atoms with Gasteiger partial charge in [-0.2, -0.15) is 0 Å². The summed E-state index contributed by atoms with van der Waals surface area (Å²) in [5.74, 6) is -2.02. The number of nitrogens with zero attached hydrogens (tertiary/aromatic N) is 1. The molecule has 9 heteroatoms. The molecule has 134 valence electrons. The summed E-state index contributed by atoms with van der Waals surface area (Å²) in [6.45, 7) is -1.38. The zero-order valence-corrected chi connectivity index (χ0v) is 14.8. The number of Topliss-reactive ketones (excluding diaryl/α,β-unsaturated/α-hetero) is 1. The van der Waals surface area contributed by atoms with Crippen LogP contribution in [0.15, 0.2) is 28.7 Å². The van der Waals surface area contributed by atoms with E-state index < -0.39 is 42.8 Å². The third kappa shape index (κ3) is 5.09. The van der Waals surface area contributed by atoms with Crippen LogP contribution in [0.25, 0.3) is 0 Å². The van der Waals surface area contributed by atoms with Gasteiger partial charge in [0.2, 0.25) is 11.8 Å². The molecule has 1 aromatic rings. The first-order valence-corrected chi connectivity index (χ1v) is 8.40. The highest BCUT2D eigenvalue weighted by Crippen LogP contribution is 2.17. The van der Waals surface area contributed by atoms with Gasteiger partial charge in [0.15, 0.2) is 5.78 Å². The Bertz CT molecular complexity index is 680. The molecule has 0 bridgehead atoms. The average Bonchev–Trinajstić information content (AvgIpc) is 2.57. The van der Waals surface area contributed by atoms with Gasteiger partial charge in [-0.3, -0.25) is 19.2 Å². The van der Waals surface area contributed by atoms with Crippen molar-refractivity contribution in [2.24, 2.45) is 0 Å². The van der Waals surface area contributed by atoms with E-state index in [4.69, 9.17) is 0 Å². The highest BCUT2D eigenvalue weighted by molar-refractivity contribution is 9.10. The molecule has 0 saturated carbocycles. The minimum atomic E-state index is -1.14. The monoisotopic (exact) mass is 413 g/mol. The fraction of sp³-hybridized carbons (Fsp3) is 0.375. The molecule has 2 N–H and O–H groups in total. The number of hydrogen-bond acceptors (Lipinski definition) is 4. The molecule has 0 aromatic heterocycles. The van der Waals surface area contributed by atoms with Crippen LogP contribution in [0.2, 0.25) is 0 Å². The predicted molar refractivity (Wildman–Crippen MR) is 90.6 cm³/mol. The Morgan fingerprint density at radius 2 is 1.80 bits per heavy atom. The number of rotatable bonds is 7. The van der Waals surface area contributed by atoms with Crippen molar-refractivity contribution in [1.82, 2.24) is 15.5 Å². The van der Waals surface area contributed by atoms with E-state index in [1.54, 1.807) is 24.3 Å². The first kappa shape index (κ1) is 19.0. The topological polar surface area (TPSA) is 95.6 Å². The van der Waals surface area contributed by atoms with Crippen LogP contribution in [0.1, 0.15) is 16.8 Å². The molecule has 7 nitrogen and oxygen atoms in total. The van der Waals surface area contributed by atoms with Crippen LogP contribution < -0.4 is 10.6 Å². The Morgan fingerprint density at radius 3 is 2.36 bits per heavy atom. The lowest BCUT2D eigenvalue weighted by atomic mass is 10.0. The van der Waals surface area contributed by atoms with Crippen molar-refractivity contribution in [2.75, 3.05) is 26.3 Å². The van der Waals surface area contributed by atoms with Crippen LogP contribution in [0.3, 0.4) is 0 Å². The average molecular weight is 414 g/mol. The second kappa shape index (κ2) is 8.70. The number of carbonyl (C=O) groups excluding carboxylic acids is 4. The van der Waals surface area contributed by atoms with Crippen LogP contribution >= 0.6 is 15.9 Å². The van der Waals surface area contributed by atoms with Gasteiger partial charge in [0.05, 0.1) is 13.1 Å². The van der Waals surface area contributed by atoms with Gasteiger partial charge in [0, 0.05) is 16.6 Å². The van der Waals surface area contributed by atoms with Crippen molar-refractivity contribution in [3.8, 4) is 0 Å². The van der Waals surface area contributed by atoms with E-state index in [0.717, 1.165) is 4.47 Å². The molecule has 0 spiro atoms. The SMILES string of the molecule is O=C(CF)CNC(=O)C1CCN1C(=O)CNC(=O)c1ccc(Br)cc1. The van der Waals surface area contributed by atoms with Crippen LogP contribution in [0, 0.1) is 0 Å². The third-order valence-corrected chi connectivity index (χ3v) is 4.29. The molecule has 3 amide bonds. The lowest BCUT2D eigenvalue weighted by molar-refractivity contribution is -0.146. The summed E-state index contributed by atoms with van der Waals surface area (Å²) in [5, 5.41) is 4.81. The Morgan fingerprint density at radius 1 is 1.12 bits per heavy atom. The smallest absolute Gasteiger partial charge is 0.251 e. The van der Waals surface area contributed by atoms with Crippen molar-refractivity contribution in [3.63, 3.8) is 0 Å². The van der Waals surface area contributed by atoms with Crippen LogP contribution in [0.4, 0.5) is 4.39 Å². The van der Waals surface area contributed by atoms with Crippen molar-refractivity contribution in [1.29, 1.82) is 0 Å². The molecular formula is C16H17BrFN3O4. The molecule has 1 fully saturated rings. The molecule has 1 heterocycles. The first-order chi connectivity index (χ1) is 11.9. The summed E-state index contributed by atoms with van der Waals surface area (Å²) >= 11 is 3.27.